The van der Waals surface area contributed by atoms with Crippen LogP contribution >= 0.6 is 11.8 Å². The monoisotopic (exact) mass is 291 g/mol. The Morgan fingerprint density at radius 3 is 2.95 bits per heavy atom. The molecule has 112 valence electrons. The molecule has 0 aromatic heterocycles. The van der Waals surface area contributed by atoms with Gasteiger partial charge in [0.2, 0.25) is 0 Å². The summed E-state index contributed by atoms with van der Waals surface area (Å²) < 4.78 is 0. The molecule has 1 nitrogen and oxygen atoms in total. The third kappa shape index (κ3) is 3.79. The number of hydrogen-bond donors (Lipinski definition) is 1. The molecule has 0 aliphatic heterocycles. The number of aryl methyl sites for hydroxylation is 1. The van der Waals surface area contributed by atoms with Gasteiger partial charge in [-0.2, -0.15) is 11.8 Å². The van der Waals surface area contributed by atoms with E-state index in [0.717, 1.165) is 13.1 Å². The van der Waals surface area contributed by atoms with Crippen molar-refractivity contribution in [1.29, 1.82) is 0 Å². The van der Waals surface area contributed by atoms with Gasteiger partial charge in [-0.3, -0.25) is 0 Å². The molecule has 2 rings (SSSR count). The summed E-state index contributed by atoms with van der Waals surface area (Å²) >= 11 is 1.98. The van der Waals surface area contributed by atoms with Crippen molar-refractivity contribution in [1.82, 2.24) is 5.32 Å². The Morgan fingerprint density at radius 1 is 1.30 bits per heavy atom. The van der Waals surface area contributed by atoms with Crippen LogP contribution in [0.1, 0.15) is 50.2 Å². The molecule has 0 saturated carbocycles. The van der Waals surface area contributed by atoms with Gasteiger partial charge in [-0.1, -0.05) is 31.2 Å². The first-order valence-electron chi connectivity index (χ1n) is 8.10. The lowest BCUT2D eigenvalue weighted by atomic mass is 9.67. The number of hydrogen-bond acceptors (Lipinski definition) is 2. The van der Waals surface area contributed by atoms with Crippen molar-refractivity contribution < 1.29 is 0 Å². The minimum absolute atomic E-state index is 0.389. The van der Waals surface area contributed by atoms with Gasteiger partial charge >= 0.3 is 0 Å². The molecule has 2 heteroatoms. The molecule has 1 atom stereocenters. The molecule has 1 aromatic rings. The van der Waals surface area contributed by atoms with Crippen molar-refractivity contribution >= 4 is 11.8 Å². The summed E-state index contributed by atoms with van der Waals surface area (Å²) in [4.78, 5) is 0. The topological polar surface area (TPSA) is 12.0 Å². The molecule has 0 saturated heterocycles. The largest absolute Gasteiger partial charge is 0.316 e. The standard InChI is InChI=1S/C18H29NS/c1-3-13-19-15-18(12-7-14-20-2)11-6-9-16-8-4-5-10-17(16)18/h4-5,8,10,19H,3,6-7,9,11-15H2,1-2H3. The molecular formula is C18H29NS. The van der Waals surface area contributed by atoms with Gasteiger partial charge < -0.3 is 5.32 Å². The van der Waals surface area contributed by atoms with Crippen molar-refractivity contribution in [2.75, 3.05) is 25.1 Å². The van der Waals surface area contributed by atoms with Gasteiger partial charge in [0.25, 0.3) is 0 Å². The van der Waals surface area contributed by atoms with Gasteiger partial charge in [0.1, 0.15) is 0 Å². The van der Waals surface area contributed by atoms with E-state index in [0.29, 0.717) is 5.41 Å². The second kappa shape index (κ2) is 8.09. The predicted octanol–water partition coefficient (Wildman–Crippen LogP) is 4.40. The van der Waals surface area contributed by atoms with Gasteiger partial charge in [0, 0.05) is 12.0 Å². The van der Waals surface area contributed by atoms with Crippen molar-refractivity contribution in [3.8, 4) is 0 Å². The lowest BCUT2D eigenvalue weighted by Crippen LogP contribution is -2.41. The van der Waals surface area contributed by atoms with Crippen LogP contribution < -0.4 is 5.32 Å². The molecule has 0 radical (unpaired) electrons. The average molecular weight is 292 g/mol. The number of nitrogens with one attached hydrogen (secondary N) is 1. The Hall–Kier alpha value is -0.470. The Kier molecular flexibility index (Phi) is 6.44. The lowest BCUT2D eigenvalue weighted by molar-refractivity contribution is 0.314. The summed E-state index contributed by atoms with van der Waals surface area (Å²) in [5, 5.41) is 3.71. The molecule has 1 aliphatic carbocycles. The molecule has 0 bridgehead atoms. The first-order valence-corrected chi connectivity index (χ1v) is 9.50. The van der Waals surface area contributed by atoms with E-state index in [1.165, 1.54) is 44.3 Å². The molecule has 0 spiro atoms. The van der Waals surface area contributed by atoms with Crippen LogP contribution in [0.4, 0.5) is 0 Å². The Bertz CT molecular complexity index is 392. The fraction of sp³-hybridized carbons (Fsp3) is 0.667. The van der Waals surface area contributed by atoms with Gasteiger partial charge in [-0.15, -0.1) is 0 Å². The van der Waals surface area contributed by atoms with Crippen molar-refractivity contribution in [3.63, 3.8) is 0 Å². The molecule has 1 aliphatic rings. The van der Waals surface area contributed by atoms with Crippen molar-refractivity contribution in [3.05, 3.63) is 35.4 Å². The van der Waals surface area contributed by atoms with Gasteiger partial charge in [0.05, 0.1) is 0 Å². The minimum atomic E-state index is 0.389. The van der Waals surface area contributed by atoms with E-state index in [4.69, 9.17) is 0 Å². The maximum Gasteiger partial charge on any atom is 0.00809 e. The lowest BCUT2D eigenvalue weighted by Gasteiger charge is -2.40. The maximum atomic E-state index is 3.71. The highest BCUT2D eigenvalue weighted by atomic mass is 32.2. The average Bonchev–Trinajstić information content (AvgIpc) is 2.48. The van der Waals surface area contributed by atoms with Crippen LogP contribution in [0.2, 0.25) is 0 Å². The van der Waals surface area contributed by atoms with Crippen LogP contribution in [0, 0.1) is 0 Å². The van der Waals surface area contributed by atoms with Crippen LogP contribution in [-0.2, 0) is 11.8 Å². The van der Waals surface area contributed by atoms with E-state index >= 15 is 0 Å². The van der Waals surface area contributed by atoms with Gasteiger partial charge in [-0.25, -0.2) is 0 Å². The number of benzene rings is 1. The Labute approximate surface area is 128 Å². The zero-order valence-corrected chi connectivity index (χ0v) is 13.9. The molecule has 1 N–H and O–H groups in total. The fourth-order valence-corrected chi connectivity index (χ4v) is 4.03. The smallest absolute Gasteiger partial charge is 0.00809 e. The van der Waals surface area contributed by atoms with E-state index in [-0.39, 0.29) is 0 Å². The second-order valence-electron chi connectivity index (χ2n) is 6.06. The first-order chi connectivity index (χ1) is 9.82. The quantitative estimate of drug-likeness (QED) is 0.712. The highest BCUT2D eigenvalue weighted by Crippen LogP contribution is 2.40. The van der Waals surface area contributed by atoms with Crippen LogP contribution in [-0.4, -0.2) is 25.1 Å². The number of fused-ring (bicyclic) bond motifs is 1. The third-order valence-electron chi connectivity index (χ3n) is 4.58. The van der Waals surface area contributed by atoms with Gasteiger partial charge in [0.15, 0.2) is 0 Å². The van der Waals surface area contributed by atoms with E-state index in [1.54, 1.807) is 11.1 Å². The van der Waals surface area contributed by atoms with Gasteiger partial charge in [-0.05, 0) is 68.2 Å². The molecular weight excluding hydrogens is 262 g/mol. The highest BCUT2D eigenvalue weighted by Gasteiger charge is 2.35. The second-order valence-corrected chi connectivity index (χ2v) is 7.05. The number of rotatable bonds is 8. The summed E-state index contributed by atoms with van der Waals surface area (Å²) in [6, 6.07) is 9.17. The maximum absolute atomic E-state index is 3.71. The van der Waals surface area contributed by atoms with Crippen LogP contribution in [0.25, 0.3) is 0 Å². The van der Waals surface area contributed by atoms with Crippen molar-refractivity contribution in [2.24, 2.45) is 0 Å². The molecule has 0 amide bonds. The Balaban J connectivity index is 2.17. The van der Waals surface area contributed by atoms with Crippen molar-refractivity contribution in [2.45, 2.75) is 50.9 Å². The molecule has 0 heterocycles. The molecule has 0 fully saturated rings. The minimum Gasteiger partial charge on any atom is -0.316 e. The normalized spacial score (nSPS) is 21.7. The SMILES string of the molecule is CCCNCC1(CCCSC)CCCc2ccccc21. The molecule has 1 aromatic carbocycles. The first kappa shape index (κ1) is 15.9. The van der Waals surface area contributed by atoms with Crippen LogP contribution in [0.15, 0.2) is 24.3 Å². The van der Waals surface area contributed by atoms with E-state index in [9.17, 15) is 0 Å². The highest BCUT2D eigenvalue weighted by molar-refractivity contribution is 7.98. The summed E-state index contributed by atoms with van der Waals surface area (Å²) in [7, 11) is 0. The summed E-state index contributed by atoms with van der Waals surface area (Å²) in [6.45, 7) is 4.56. The fourth-order valence-electron chi connectivity index (χ4n) is 3.60. The summed E-state index contributed by atoms with van der Waals surface area (Å²) in [5.74, 6) is 1.29. The van der Waals surface area contributed by atoms with E-state index in [1.807, 2.05) is 11.8 Å². The van der Waals surface area contributed by atoms with Crippen LogP contribution in [0.5, 0.6) is 0 Å². The Morgan fingerprint density at radius 2 is 2.15 bits per heavy atom. The predicted molar refractivity (Wildman–Crippen MR) is 91.8 cm³/mol. The third-order valence-corrected chi connectivity index (χ3v) is 5.28. The molecule has 20 heavy (non-hydrogen) atoms. The van der Waals surface area contributed by atoms with E-state index < -0.39 is 0 Å². The zero-order valence-electron chi connectivity index (χ0n) is 13.1. The zero-order chi connectivity index (χ0) is 14.3. The summed E-state index contributed by atoms with van der Waals surface area (Å²) in [6.07, 6.45) is 10.1. The summed E-state index contributed by atoms with van der Waals surface area (Å²) in [5.41, 5.74) is 3.62. The van der Waals surface area contributed by atoms with Crippen LogP contribution in [0.3, 0.4) is 0 Å². The molecule has 1 unspecified atom stereocenters. The van der Waals surface area contributed by atoms with E-state index in [2.05, 4.69) is 42.8 Å². The number of thioether (sulfide) groups is 1.